The average molecular weight is 321 g/mol. The molecule has 0 bridgehead atoms. The highest BCUT2D eigenvalue weighted by Crippen LogP contribution is 2.28. The van der Waals surface area contributed by atoms with Gasteiger partial charge in [0, 0.05) is 52.6 Å². The zero-order valence-corrected chi connectivity index (χ0v) is 15.2. The predicted molar refractivity (Wildman–Crippen MR) is 93.7 cm³/mol. The van der Waals surface area contributed by atoms with E-state index in [1.807, 2.05) is 18.8 Å². The normalized spacial score (nSPS) is 15.3. The molecule has 1 aliphatic rings. The summed E-state index contributed by atoms with van der Waals surface area (Å²) < 4.78 is 7.54. The van der Waals surface area contributed by atoms with E-state index in [0.717, 1.165) is 43.9 Å². The smallest absolute Gasteiger partial charge is 0.193 e. The van der Waals surface area contributed by atoms with Crippen molar-refractivity contribution in [2.24, 2.45) is 18.0 Å². The molecule has 0 aliphatic heterocycles. The fraction of sp³-hybridized carbons (Fsp3) is 0.765. The van der Waals surface area contributed by atoms with Gasteiger partial charge in [0.15, 0.2) is 5.96 Å². The molecule has 1 aliphatic carbocycles. The number of ether oxygens (including phenoxy) is 1. The molecule has 130 valence electrons. The molecule has 6 nitrogen and oxygen atoms in total. The summed E-state index contributed by atoms with van der Waals surface area (Å²) in [6.07, 6.45) is 4.76. The molecule has 23 heavy (non-hydrogen) atoms. The predicted octanol–water partition coefficient (Wildman–Crippen LogP) is 1.98. The SMILES string of the molecule is CN=C(NCCOCC1CC1)N(C)Cc1cn(C)nc1C(C)C. The molecule has 2 rings (SSSR count). The van der Waals surface area contributed by atoms with Crippen LogP contribution in [0.2, 0.25) is 0 Å². The molecule has 1 aromatic heterocycles. The van der Waals surface area contributed by atoms with Gasteiger partial charge in [0.25, 0.3) is 0 Å². The van der Waals surface area contributed by atoms with Crippen molar-refractivity contribution in [1.29, 1.82) is 0 Å². The van der Waals surface area contributed by atoms with Crippen molar-refractivity contribution in [2.45, 2.75) is 39.2 Å². The zero-order valence-electron chi connectivity index (χ0n) is 15.2. The van der Waals surface area contributed by atoms with Crippen molar-refractivity contribution in [3.8, 4) is 0 Å². The summed E-state index contributed by atoms with van der Waals surface area (Å²) in [6, 6.07) is 0. The monoisotopic (exact) mass is 321 g/mol. The Morgan fingerprint density at radius 2 is 2.26 bits per heavy atom. The minimum Gasteiger partial charge on any atom is -0.379 e. The maximum atomic E-state index is 5.66. The third-order valence-electron chi connectivity index (χ3n) is 4.04. The summed E-state index contributed by atoms with van der Waals surface area (Å²) in [5, 5.41) is 7.93. The molecule has 0 spiro atoms. The summed E-state index contributed by atoms with van der Waals surface area (Å²) in [5.41, 5.74) is 2.40. The highest BCUT2D eigenvalue weighted by Gasteiger charge is 2.21. The van der Waals surface area contributed by atoms with Gasteiger partial charge >= 0.3 is 0 Å². The molecular formula is C17H31N5O. The number of hydrogen-bond donors (Lipinski definition) is 1. The maximum Gasteiger partial charge on any atom is 0.193 e. The molecule has 0 atom stereocenters. The van der Waals surface area contributed by atoms with E-state index < -0.39 is 0 Å². The first-order chi connectivity index (χ1) is 11.0. The van der Waals surface area contributed by atoms with E-state index >= 15 is 0 Å². The van der Waals surface area contributed by atoms with Crippen molar-refractivity contribution in [3.05, 3.63) is 17.5 Å². The van der Waals surface area contributed by atoms with Crippen LogP contribution in [-0.2, 0) is 18.3 Å². The molecule has 1 fully saturated rings. The van der Waals surface area contributed by atoms with E-state index in [0.29, 0.717) is 5.92 Å². The lowest BCUT2D eigenvalue weighted by atomic mass is 10.1. The van der Waals surface area contributed by atoms with Crippen LogP contribution in [0.15, 0.2) is 11.2 Å². The van der Waals surface area contributed by atoms with Crippen LogP contribution in [-0.4, -0.2) is 54.5 Å². The molecule has 1 N–H and O–H groups in total. The van der Waals surface area contributed by atoms with Crippen LogP contribution < -0.4 is 5.32 Å². The van der Waals surface area contributed by atoms with Crippen molar-refractivity contribution >= 4 is 5.96 Å². The highest BCUT2D eigenvalue weighted by molar-refractivity contribution is 5.79. The van der Waals surface area contributed by atoms with Gasteiger partial charge in [-0.05, 0) is 24.7 Å². The fourth-order valence-corrected chi connectivity index (χ4v) is 2.65. The van der Waals surface area contributed by atoms with Crippen LogP contribution in [0.5, 0.6) is 0 Å². The Morgan fingerprint density at radius 3 is 2.87 bits per heavy atom. The van der Waals surface area contributed by atoms with Crippen molar-refractivity contribution in [1.82, 2.24) is 20.0 Å². The number of nitrogens with one attached hydrogen (secondary N) is 1. The lowest BCUT2D eigenvalue weighted by Gasteiger charge is -2.22. The van der Waals surface area contributed by atoms with E-state index in [2.05, 4.69) is 47.4 Å². The Balaban J connectivity index is 1.80. The topological polar surface area (TPSA) is 54.7 Å². The highest BCUT2D eigenvalue weighted by atomic mass is 16.5. The van der Waals surface area contributed by atoms with E-state index in [9.17, 15) is 0 Å². The van der Waals surface area contributed by atoms with Crippen molar-refractivity contribution < 1.29 is 4.74 Å². The van der Waals surface area contributed by atoms with Crippen LogP contribution in [0.3, 0.4) is 0 Å². The number of nitrogens with zero attached hydrogens (tertiary/aromatic N) is 4. The summed E-state index contributed by atoms with van der Waals surface area (Å²) >= 11 is 0. The molecule has 6 heteroatoms. The van der Waals surface area contributed by atoms with E-state index in [4.69, 9.17) is 4.74 Å². The number of aliphatic imine (C=N–C) groups is 1. The molecular weight excluding hydrogens is 290 g/mol. The first-order valence-corrected chi connectivity index (χ1v) is 8.53. The standard InChI is InChI=1S/C17H31N5O/c1-13(2)16-15(11-22(5)20-16)10-21(4)17(18-3)19-8-9-23-12-14-6-7-14/h11,13-14H,6-10,12H2,1-5H3,(H,18,19). The van der Waals surface area contributed by atoms with Gasteiger partial charge in [-0.1, -0.05) is 13.8 Å². The van der Waals surface area contributed by atoms with Crippen LogP contribution in [0.1, 0.15) is 43.9 Å². The van der Waals surface area contributed by atoms with Crippen LogP contribution in [0.25, 0.3) is 0 Å². The Morgan fingerprint density at radius 1 is 1.52 bits per heavy atom. The summed E-state index contributed by atoms with van der Waals surface area (Å²) in [5.74, 6) is 2.13. The molecule has 0 saturated heterocycles. The summed E-state index contributed by atoms with van der Waals surface area (Å²) in [4.78, 5) is 6.49. The Kier molecular flexibility index (Phi) is 6.45. The van der Waals surface area contributed by atoms with Gasteiger partial charge < -0.3 is 15.0 Å². The van der Waals surface area contributed by atoms with E-state index in [1.165, 1.54) is 18.4 Å². The molecule has 0 radical (unpaired) electrons. The van der Waals surface area contributed by atoms with Gasteiger partial charge in [-0.15, -0.1) is 0 Å². The lowest BCUT2D eigenvalue weighted by molar-refractivity contribution is 0.128. The molecule has 1 saturated carbocycles. The number of aromatic nitrogens is 2. The first kappa shape index (κ1) is 17.8. The van der Waals surface area contributed by atoms with Crippen molar-refractivity contribution in [3.63, 3.8) is 0 Å². The van der Waals surface area contributed by atoms with Gasteiger partial charge in [-0.2, -0.15) is 5.10 Å². The second-order valence-corrected chi connectivity index (χ2v) is 6.72. The maximum absolute atomic E-state index is 5.66. The summed E-state index contributed by atoms with van der Waals surface area (Å²) in [6.45, 7) is 7.57. The van der Waals surface area contributed by atoms with Gasteiger partial charge in [-0.25, -0.2) is 0 Å². The third kappa shape index (κ3) is 5.53. The molecule has 0 unspecified atom stereocenters. The number of hydrogen-bond acceptors (Lipinski definition) is 3. The van der Waals surface area contributed by atoms with Crippen LogP contribution in [0, 0.1) is 5.92 Å². The molecule has 0 aromatic carbocycles. The quantitative estimate of drug-likeness (QED) is 0.452. The minimum atomic E-state index is 0.422. The largest absolute Gasteiger partial charge is 0.379 e. The van der Waals surface area contributed by atoms with Gasteiger partial charge in [-0.3, -0.25) is 9.67 Å². The first-order valence-electron chi connectivity index (χ1n) is 8.53. The number of aryl methyl sites for hydroxylation is 1. The van der Waals surface area contributed by atoms with E-state index in [1.54, 1.807) is 0 Å². The van der Waals surface area contributed by atoms with Gasteiger partial charge in [0.2, 0.25) is 0 Å². The molecule has 1 aromatic rings. The van der Waals surface area contributed by atoms with Gasteiger partial charge in [0.1, 0.15) is 0 Å². The lowest BCUT2D eigenvalue weighted by Crippen LogP contribution is -2.40. The Labute approximate surface area is 139 Å². The third-order valence-corrected chi connectivity index (χ3v) is 4.04. The van der Waals surface area contributed by atoms with E-state index in [-0.39, 0.29) is 0 Å². The summed E-state index contributed by atoms with van der Waals surface area (Å²) in [7, 11) is 5.84. The second kappa shape index (κ2) is 8.34. The van der Waals surface area contributed by atoms with Gasteiger partial charge in [0.05, 0.1) is 12.3 Å². The zero-order chi connectivity index (χ0) is 16.8. The second-order valence-electron chi connectivity index (χ2n) is 6.72. The van der Waals surface area contributed by atoms with Crippen molar-refractivity contribution in [2.75, 3.05) is 33.9 Å². The average Bonchev–Trinajstić information content (AvgIpc) is 3.25. The number of guanidine groups is 1. The van der Waals surface area contributed by atoms with Crippen LogP contribution >= 0.6 is 0 Å². The Bertz CT molecular complexity index is 519. The Hall–Kier alpha value is -1.56. The fourth-order valence-electron chi connectivity index (χ4n) is 2.65. The minimum absolute atomic E-state index is 0.422. The molecule has 0 amide bonds. The van der Waals surface area contributed by atoms with Crippen LogP contribution in [0.4, 0.5) is 0 Å². The molecule has 1 heterocycles. The number of rotatable bonds is 8.